The van der Waals surface area contributed by atoms with Crippen molar-refractivity contribution >= 4 is 11.9 Å². The first-order valence-electron chi connectivity index (χ1n) is 10.3. The number of aliphatic carboxylic acids is 1. The highest BCUT2D eigenvalue weighted by Crippen LogP contribution is 2.34. The Morgan fingerprint density at radius 2 is 1.97 bits per heavy atom. The monoisotopic (exact) mass is 406 g/mol. The number of nitrogens with zero attached hydrogens (tertiary/aromatic N) is 1. The molecule has 1 fully saturated rings. The van der Waals surface area contributed by atoms with Crippen LogP contribution in [0.3, 0.4) is 0 Å². The van der Waals surface area contributed by atoms with E-state index in [4.69, 9.17) is 4.74 Å². The number of rotatable bonds is 10. The van der Waals surface area contributed by atoms with E-state index in [1.807, 2.05) is 44.2 Å². The third kappa shape index (κ3) is 6.52. The molecule has 7 nitrogen and oxygen atoms in total. The van der Waals surface area contributed by atoms with Crippen LogP contribution in [0.4, 0.5) is 0 Å². The zero-order valence-corrected chi connectivity index (χ0v) is 17.8. The number of hydrogen-bond acceptors (Lipinski definition) is 5. The second-order valence-corrected chi connectivity index (χ2v) is 8.55. The summed E-state index contributed by atoms with van der Waals surface area (Å²) in [5.41, 5.74) is 0.893. The molecule has 0 aliphatic carbocycles. The van der Waals surface area contributed by atoms with Gasteiger partial charge in [-0.1, -0.05) is 44.2 Å². The average molecular weight is 407 g/mol. The van der Waals surface area contributed by atoms with Crippen molar-refractivity contribution < 1.29 is 24.5 Å². The van der Waals surface area contributed by atoms with Crippen molar-refractivity contribution in [3.8, 4) is 0 Å². The van der Waals surface area contributed by atoms with Crippen LogP contribution in [0.5, 0.6) is 0 Å². The Morgan fingerprint density at radius 3 is 2.55 bits per heavy atom. The van der Waals surface area contributed by atoms with Gasteiger partial charge in [0, 0.05) is 13.2 Å². The summed E-state index contributed by atoms with van der Waals surface area (Å²) in [5.74, 6) is -1.25. The van der Waals surface area contributed by atoms with Gasteiger partial charge in [0.15, 0.2) is 6.29 Å². The zero-order valence-electron chi connectivity index (χ0n) is 17.8. The molecule has 0 spiro atoms. The molecule has 4 unspecified atom stereocenters. The summed E-state index contributed by atoms with van der Waals surface area (Å²) in [6.45, 7) is 8.20. The predicted octanol–water partition coefficient (Wildman–Crippen LogP) is 2.03. The molecule has 0 bridgehead atoms. The number of amides is 1. The lowest BCUT2D eigenvalue weighted by atomic mass is 9.91. The molecule has 4 atom stereocenters. The summed E-state index contributed by atoms with van der Waals surface area (Å²) >= 11 is 0. The molecular weight excluding hydrogens is 372 g/mol. The quantitative estimate of drug-likeness (QED) is 0.514. The normalized spacial score (nSPS) is 21.6. The van der Waals surface area contributed by atoms with Gasteiger partial charge in [0.05, 0.1) is 12.1 Å². The SMILES string of the molecule is CCOC(O)C(CCc1ccccc1)NC(C)C(=O)N1CC(C)(C)CC1C(=O)O. The topological polar surface area (TPSA) is 99.1 Å². The number of carbonyl (C=O) groups is 2. The maximum absolute atomic E-state index is 13.0. The van der Waals surface area contributed by atoms with E-state index in [1.165, 1.54) is 4.90 Å². The van der Waals surface area contributed by atoms with E-state index in [0.29, 0.717) is 26.0 Å². The average Bonchev–Trinajstić information content (AvgIpc) is 3.01. The largest absolute Gasteiger partial charge is 0.480 e. The van der Waals surface area contributed by atoms with Gasteiger partial charge in [-0.2, -0.15) is 0 Å². The Morgan fingerprint density at radius 1 is 1.31 bits per heavy atom. The number of ether oxygens (including phenoxy) is 1. The predicted molar refractivity (Wildman–Crippen MR) is 110 cm³/mol. The maximum atomic E-state index is 13.0. The number of aliphatic hydroxyl groups excluding tert-OH is 1. The fourth-order valence-corrected chi connectivity index (χ4v) is 3.92. The molecule has 0 saturated carbocycles. The molecule has 1 aromatic carbocycles. The molecule has 1 heterocycles. The molecule has 2 rings (SSSR count). The van der Waals surface area contributed by atoms with Crippen molar-refractivity contribution in [1.82, 2.24) is 10.2 Å². The van der Waals surface area contributed by atoms with Crippen molar-refractivity contribution in [2.24, 2.45) is 5.41 Å². The first-order valence-corrected chi connectivity index (χ1v) is 10.3. The highest BCUT2D eigenvalue weighted by molar-refractivity contribution is 5.87. The number of benzene rings is 1. The fourth-order valence-electron chi connectivity index (χ4n) is 3.92. The molecule has 1 aliphatic heterocycles. The van der Waals surface area contributed by atoms with Crippen LogP contribution in [0.25, 0.3) is 0 Å². The maximum Gasteiger partial charge on any atom is 0.326 e. The Bertz CT molecular complexity index is 679. The number of aliphatic hydroxyl groups is 1. The zero-order chi connectivity index (χ0) is 21.6. The van der Waals surface area contributed by atoms with Crippen LogP contribution in [-0.4, -0.2) is 64.6 Å². The number of nitrogens with one attached hydrogen (secondary N) is 1. The van der Waals surface area contributed by atoms with Crippen molar-refractivity contribution in [3.05, 3.63) is 35.9 Å². The highest BCUT2D eigenvalue weighted by Gasteiger charge is 2.45. The molecule has 0 radical (unpaired) electrons. The lowest BCUT2D eigenvalue weighted by molar-refractivity contribution is -0.150. The second-order valence-electron chi connectivity index (χ2n) is 8.55. The minimum absolute atomic E-state index is 0.240. The van der Waals surface area contributed by atoms with Crippen molar-refractivity contribution in [2.45, 2.75) is 71.4 Å². The van der Waals surface area contributed by atoms with Crippen molar-refractivity contribution in [2.75, 3.05) is 13.2 Å². The summed E-state index contributed by atoms with van der Waals surface area (Å²) in [5, 5.41) is 23.1. The van der Waals surface area contributed by atoms with E-state index in [0.717, 1.165) is 12.0 Å². The van der Waals surface area contributed by atoms with Crippen molar-refractivity contribution in [3.63, 3.8) is 0 Å². The Hall–Kier alpha value is -1.96. The molecule has 1 amide bonds. The number of carbonyl (C=O) groups excluding carboxylic acids is 1. The first kappa shape index (κ1) is 23.3. The lowest BCUT2D eigenvalue weighted by Gasteiger charge is -2.30. The first-order chi connectivity index (χ1) is 13.6. The minimum Gasteiger partial charge on any atom is -0.480 e. The van der Waals surface area contributed by atoms with E-state index in [2.05, 4.69) is 5.32 Å². The van der Waals surface area contributed by atoms with Gasteiger partial charge in [-0.3, -0.25) is 10.1 Å². The number of carboxylic acid groups (broad SMARTS) is 1. The Balaban J connectivity index is 2.06. The summed E-state index contributed by atoms with van der Waals surface area (Å²) in [7, 11) is 0. The van der Waals surface area contributed by atoms with E-state index in [-0.39, 0.29) is 11.3 Å². The van der Waals surface area contributed by atoms with Crippen LogP contribution in [0, 0.1) is 5.41 Å². The fraction of sp³-hybridized carbons (Fsp3) is 0.636. The van der Waals surface area contributed by atoms with Crippen LogP contribution in [0.15, 0.2) is 30.3 Å². The van der Waals surface area contributed by atoms with Crippen LogP contribution >= 0.6 is 0 Å². The van der Waals surface area contributed by atoms with Gasteiger partial charge in [-0.15, -0.1) is 0 Å². The second kappa shape index (κ2) is 10.2. The number of hydrogen-bond donors (Lipinski definition) is 3. The van der Waals surface area contributed by atoms with Crippen LogP contribution in [-0.2, 0) is 20.7 Å². The summed E-state index contributed by atoms with van der Waals surface area (Å²) < 4.78 is 5.36. The summed E-state index contributed by atoms with van der Waals surface area (Å²) in [6, 6.07) is 8.00. The molecular formula is C22H34N2O5. The van der Waals surface area contributed by atoms with Gasteiger partial charge in [0.1, 0.15) is 6.04 Å². The Labute approximate surface area is 173 Å². The van der Waals surface area contributed by atoms with Gasteiger partial charge in [0.2, 0.25) is 5.91 Å². The molecule has 1 aromatic rings. The standard InChI is InChI=1S/C22H34N2O5/c1-5-29-21(28)17(12-11-16-9-7-6-8-10-16)23-15(2)19(25)24-14-22(3,4)13-18(24)20(26)27/h6-10,15,17-18,21,23,28H,5,11-14H2,1-4H3,(H,26,27). The number of carboxylic acids is 1. The van der Waals surface area contributed by atoms with Crippen molar-refractivity contribution in [1.29, 1.82) is 0 Å². The smallest absolute Gasteiger partial charge is 0.326 e. The Kier molecular flexibility index (Phi) is 8.19. The number of likely N-dealkylation sites (tertiary alicyclic amines) is 1. The lowest BCUT2D eigenvalue weighted by Crippen LogP contribution is -2.54. The van der Waals surface area contributed by atoms with E-state index >= 15 is 0 Å². The van der Waals surface area contributed by atoms with Gasteiger partial charge < -0.3 is 19.8 Å². The number of aryl methyl sites for hydroxylation is 1. The van der Waals surface area contributed by atoms with Crippen LogP contribution in [0.2, 0.25) is 0 Å². The molecule has 3 N–H and O–H groups in total. The third-order valence-corrected chi connectivity index (χ3v) is 5.39. The summed E-state index contributed by atoms with van der Waals surface area (Å²) in [4.78, 5) is 26.1. The van der Waals surface area contributed by atoms with E-state index in [1.54, 1.807) is 13.8 Å². The van der Waals surface area contributed by atoms with Gasteiger partial charge >= 0.3 is 5.97 Å². The van der Waals surface area contributed by atoms with Gasteiger partial charge in [-0.25, -0.2) is 4.79 Å². The minimum atomic E-state index is -1.05. The molecule has 7 heteroatoms. The summed E-state index contributed by atoms with van der Waals surface area (Å²) in [6.07, 6.45) is 0.679. The highest BCUT2D eigenvalue weighted by atomic mass is 16.6. The van der Waals surface area contributed by atoms with E-state index in [9.17, 15) is 19.8 Å². The third-order valence-electron chi connectivity index (χ3n) is 5.39. The molecule has 1 aliphatic rings. The molecule has 162 valence electrons. The molecule has 29 heavy (non-hydrogen) atoms. The molecule has 1 saturated heterocycles. The van der Waals surface area contributed by atoms with Gasteiger partial charge in [0.25, 0.3) is 0 Å². The van der Waals surface area contributed by atoms with Crippen LogP contribution in [0.1, 0.15) is 46.1 Å². The van der Waals surface area contributed by atoms with E-state index < -0.39 is 30.4 Å². The molecule has 0 aromatic heterocycles. The van der Waals surface area contributed by atoms with Gasteiger partial charge in [-0.05, 0) is 44.1 Å². The van der Waals surface area contributed by atoms with Crippen LogP contribution < -0.4 is 5.32 Å².